The first kappa shape index (κ1) is 14.8. The van der Waals surface area contributed by atoms with Gasteiger partial charge in [-0.1, -0.05) is 20.8 Å². The van der Waals surface area contributed by atoms with Crippen molar-refractivity contribution in [1.82, 2.24) is 10.2 Å². The molecule has 2 heterocycles. The lowest BCUT2D eigenvalue weighted by Crippen LogP contribution is -2.43. The number of carbonyl (C=O) groups is 1. The van der Waals surface area contributed by atoms with Crippen molar-refractivity contribution in [2.24, 2.45) is 11.3 Å². The maximum absolute atomic E-state index is 12.5. The number of likely N-dealkylation sites (tertiary alicyclic amines) is 1. The zero-order valence-corrected chi connectivity index (χ0v) is 12.9. The van der Waals surface area contributed by atoms with Crippen molar-refractivity contribution < 1.29 is 4.79 Å². The van der Waals surface area contributed by atoms with Gasteiger partial charge in [0, 0.05) is 19.0 Å². The van der Waals surface area contributed by atoms with Crippen molar-refractivity contribution >= 4 is 5.91 Å². The zero-order chi connectivity index (χ0) is 13.9. The lowest BCUT2D eigenvalue weighted by Gasteiger charge is -2.35. The van der Waals surface area contributed by atoms with E-state index in [4.69, 9.17) is 0 Å². The van der Waals surface area contributed by atoms with Crippen LogP contribution in [0.1, 0.15) is 59.3 Å². The Morgan fingerprint density at radius 3 is 2.53 bits per heavy atom. The molecule has 0 aliphatic carbocycles. The third kappa shape index (κ3) is 3.95. The first-order valence-electron chi connectivity index (χ1n) is 7.98. The number of rotatable bonds is 3. The van der Waals surface area contributed by atoms with Crippen LogP contribution in [0.3, 0.4) is 0 Å². The minimum Gasteiger partial charge on any atom is -0.339 e. The molecule has 2 fully saturated rings. The smallest absolute Gasteiger partial charge is 0.222 e. The van der Waals surface area contributed by atoms with Crippen molar-refractivity contribution in [2.45, 2.75) is 65.3 Å². The SMILES string of the molecule is CC(C)(C)C1CCCN1C(=O)CCC1CCNCC1. The minimum atomic E-state index is 0.223. The number of piperidine rings is 1. The van der Waals surface area contributed by atoms with Crippen LogP contribution in [0.5, 0.6) is 0 Å². The molecular weight excluding hydrogens is 236 g/mol. The summed E-state index contributed by atoms with van der Waals surface area (Å²) in [5, 5.41) is 3.39. The van der Waals surface area contributed by atoms with Crippen LogP contribution in [-0.2, 0) is 4.79 Å². The molecule has 0 aromatic rings. The average Bonchev–Trinajstić information content (AvgIpc) is 2.86. The van der Waals surface area contributed by atoms with Gasteiger partial charge in [0.2, 0.25) is 5.91 Å². The lowest BCUT2D eigenvalue weighted by atomic mass is 9.85. The number of amides is 1. The van der Waals surface area contributed by atoms with Gasteiger partial charge in [0.15, 0.2) is 0 Å². The van der Waals surface area contributed by atoms with Gasteiger partial charge in [0.05, 0.1) is 0 Å². The Balaban J connectivity index is 1.81. The second-order valence-corrected chi connectivity index (χ2v) is 7.34. The fraction of sp³-hybridized carbons (Fsp3) is 0.938. The Hall–Kier alpha value is -0.570. The molecule has 1 N–H and O–H groups in total. The molecular formula is C16H30N2O. The highest BCUT2D eigenvalue weighted by molar-refractivity contribution is 5.76. The van der Waals surface area contributed by atoms with Gasteiger partial charge >= 0.3 is 0 Å². The van der Waals surface area contributed by atoms with Gasteiger partial charge in [0.1, 0.15) is 0 Å². The van der Waals surface area contributed by atoms with Crippen LogP contribution >= 0.6 is 0 Å². The molecule has 0 aromatic heterocycles. The monoisotopic (exact) mass is 266 g/mol. The van der Waals surface area contributed by atoms with E-state index in [9.17, 15) is 4.79 Å². The summed E-state index contributed by atoms with van der Waals surface area (Å²) in [5.74, 6) is 1.16. The third-order valence-corrected chi connectivity index (χ3v) is 4.80. The van der Waals surface area contributed by atoms with E-state index in [1.807, 2.05) is 0 Å². The first-order chi connectivity index (χ1) is 8.98. The zero-order valence-electron chi connectivity index (χ0n) is 12.9. The third-order valence-electron chi connectivity index (χ3n) is 4.80. The Bertz CT molecular complexity index is 302. The van der Waals surface area contributed by atoms with Crippen molar-refractivity contribution in [3.8, 4) is 0 Å². The fourth-order valence-electron chi connectivity index (χ4n) is 3.61. The van der Waals surface area contributed by atoms with E-state index in [2.05, 4.69) is 31.0 Å². The summed E-state index contributed by atoms with van der Waals surface area (Å²) in [6.45, 7) is 10.0. The number of hydrogen-bond donors (Lipinski definition) is 1. The Morgan fingerprint density at radius 1 is 1.21 bits per heavy atom. The molecule has 2 rings (SSSR count). The van der Waals surface area contributed by atoms with E-state index in [1.165, 1.54) is 25.7 Å². The summed E-state index contributed by atoms with van der Waals surface area (Å²) in [5.41, 5.74) is 0.223. The van der Waals surface area contributed by atoms with Crippen LogP contribution < -0.4 is 5.32 Å². The summed E-state index contributed by atoms with van der Waals surface area (Å²) in [6, 6.07) is 0.452. The number of nitrogens with one attached hydrogen (secondary N) is 1. The van der Waals surface area contributed by atoms with Gasteiger partial charge in [-0.2, -0.15) is 0 Å². The highest BCUT2D eigenvalue weighted by atomic mass is 16.2. The van der Waals surface area contributed by atoms with Crippen LogP contribution in [0.15, 0.2) is 0 Å². The van der Waals surface area contributed by atoms with E-state index in [0.29, 0.717) is 11.9 Å². The molecule has 1 unspecified atom stereocenters. The van der Waals surface area contributed by atoms with Crippen LogP contribution in [0.2, 0.25) is 0 Å². The molecule has 2 aliphatic rings. The van der Waals surface area contributed by atoms with Crippen molar-refractivity contribution in [2.75, 3.05) is 19.6 Å². The molecule has 0 aromatic carbocycles. The highest BCUT2D eigenvalue weighted by Gasteiger charge is 2.36. The standard InChI is InChI=1S/C16H30N2O/c1-16(2,3)14-5-4-12-18(14)15(19)7-6-13-8-10-17-11-9-13/h13-14,17H,4-12H2,1-3H3. The van der Waals surface area contributed by atoms with E-state index >= 15 is 0 Å². The normalized spacial score (nSPS) is 25.8. The number of hydrogen-bond acceptors (Lipinski definition) is 2. The summed E-state index contributed by atoms with van der Waals surface area (Å²) >= 11 is 0. The van der Waals surface area contributed by atoms with E-state index in [0.717, 1.165) is 38.4 Å². The summed E-state index contributed by atoms with van der Waals surface area (Å²) < 4.78 is 0. The maximum Gasteiger partial charge on any atom is 0.222 e. The van der Waals surface area contributed by atoms with Gasteiger partial charge < -0.3 is 10.2 Å². The Labute approximate surface area is 118 Å². The van der Waals surface area contributed by atoms with Gasteiger partial charge in [-0.25, -0.2) is 0 Å². The van der Waals surface area contributed by atoms with Crippen LogP contribution in [0, 0.1) is 11.3 Å². The lowest BCUT2D eigenvalue weighted by molar-refractivity contribution is -0.134. The number of nitrogens with zero attached hydrogens (tertiary/aromatic N) is 1. The first-order valence-corrected chi connectivity index (χ1v) is 7.98. The molecule has 1 amide bonds. The predicted octanol–water partition coefficient (Wildman–Crippen LogP) is 2.80. The fourth-order valence-corrected chi connectivity index (χ4v) is 3.61. The molecule has 3 heteroatoms. The van der Waals surface area contributed by atoms with Crippen LogP contribution in [0.25, 0.3) is 0 Å². The largest absolute Gasteiger partial charge is 0.339 e. The second-order valence-electron chi connectivity index (χ2n) is 7.34. The molecule has 0 spiro atoms. The number of carbonyl (C=O) groups excluding carboxylic acids is 1. The van der Waals surface area contributed by atoms with Gasteiger partial charge in [-0.05, 0) is 56.5 Å². The predicted molar refractivity (Wildman–Crippen MR) is 79.0 cm³/mol. The van der Waals surface area contributed by atoms with Gasteiger partial charge in [0.25, 0.3) is 0 Å². The van der Waals surface area contributed by atoms with Gasteiger partial charge in [-0.15, -0.1) is 0 Å². The van der Waals surface area contributed by atoms with E-state index in [-0.39, 0.29) is 5.41 Å². The van der Waals surface area contributed by atoms with E-state index in [1.54, 1.807) is 0 Å². The van der Waals surface area contributed by atoms with Gasteiger partial charge in [-0.3, -0.25) is 4.79 Å². The minimum absolute atomic E-state index is 0.223. The summed E-state index contributed by atoms with van der Waals surface area (Å²) in [7, 11) is 0. The topological polar surface area (TPSA) is 32.3 Å². The molecule has 0 saturated carbocycles. The molecule has 2 saturated heterocycles. The summed E-state index contributed by atoms with van der Waals surface area (Å²) in [4.78, 5) is 14.6. The molecule has 110 valence electrons. The molecule has 0 bridgehead atoms. The molecule has 19 heavy (non-hydrogen) atoms. The molecule has 0 radical (unpaired) electrons. The second kappa shape index (κ2) is 6.25. The molecule has 3 nitrogen and oxygen atoms in total. The molecule has 1 atom stereocenters. The summed E-state index contributed by atoms with van der Waals surface area (Å²) in [6.07, 6.45) is 6.71. The highest BCUT2D eigenvalue weighted by Crippen LogP contribution is 2.33. The van der Waals surface area contributed by atoms with E-state index < -0.39 is 0 Å². The van der Waals surface area contributed by atoms with Crippen molar-refractivity contribution in [3.63, 3.8) is 0 Å². The quantitative estimate of drug-likeness (QED) is 0.852. The average molecular weight is 266 g/mol. The maximum atomic E-state index is 12.5. The van der Waals surface area contributed by atoms with Crippen LogP contribution in [0.4, 0.5) is 0 Å². The van der Waals surface area contributed by atoms with Crippen molar-refractivity contribution in [3.05, 3.63) is 0 Å². The molecule has 2 aliphatic heterocycles. The van der Waals surface area contributed by atoms with Crippen molar-refractivity contribution in [1.29, 1.82) is 0 Å². The Morgan fingerprint density at radius 2 is 1.89 bits per heavy atom. The van der Waals surface area contributed by atoms with Crippen LogP contribution in [-0.4, -0.2) is 36.5 Å². The Kier molecular flexibility index (Phi) is 4.88.